The second-order valence-electron chi connectivity index (χ2n) is 4.40. The molecule has 1 aliphatic rings. The highest BCUT2D eigenvalue weighted by Gasteiger charge is 2.14. The first-order chi connectivity index (χ1) is 8.59. The molecule has 0 radical (unpaired) electrons. The molecule has 6 heteroatoms. The van der Waals surface area contributed by atoms with Gasteiger partial charge in [-0.25, -0.2) is 4.68 Å². The summed E-state index contributed by atoms with van der Waals surface area (Å²) in [7, 11) is 0. The zero-order valence-electron chi connectivity index (χ0n) is 10.5. The fraction of sp³-hybridized carbons (Fsp3) is 0.500. The van der Waals surface area contributed by atoms with Crippen molar-refractivity contribution in [3.8, 4) is 0 Å². The van der Waals surface area contributed by atoms with Crippen molar-refractivity contribution in [3.05, 3.63) is 45.3 Å². The molecule has 1 aromatic rings. The first-order valence-electron chi connectivity index (χ1n) is 5.89. The molecule has 0 spiro atoms. The van der Waals surface area contributed by atoms with Crippen LogP contribution in [-0.2, 0) is 11.3 Å². The predicted octanol–water partition coefficient (Wildman–Crippen LogP) is -0.446. The van der Waals surface area contributed by atoms with Gasteiger partial charge in [-0.1, -0.05) is 12.2 Å². The Balaban J connectivity index is 2.34. The fourth-order valence-corrected chi connectivity index (χ4v) is 1.91. The smallest absolute Gasteiger partial charge is 0.334 e. The van der Waals surface area contributed by atoms with Gasteiger partial charge in [-0.3, -0.25) is 9.59 Å². The van der Waals surface area contributed by atoms with E-state index in [2.05, 4.69) is 6.58 Å². The highest BCUT2D eigenvalue weighted by atomic mass is 16.5. The molecule has 0 bridgehead atoms. The van der Waals surface area contributed by atoms with Crippen LogP contribution < -0.4 is 16.1 Å². The molecular weight excluding hydrogens is 234 g/mol. The maximum atomic E-state index is 12.0. The van der Waals surface area contributed by atoms with Crippen molar-refractivity contribution < 1.29 is 4.74 Å². The lowest BCUT2D eigenvalue weighted by Gasteiger charge is -2.29. The van der Waals surface area contributed by atoms with E-state index >= 15 is 0 Å². The van der Waals surface area contributed by atoms with Crippen LogP contribution >= 0.6 is 0 Å². The Hall–Kier alpha value is -1.82. The molecule has 0 aliphatic carbocycles. The molecule has 1 aliphatic heterocycles. The fourth-order valence-electron chi connectivity index (χ4n) is 1.91. The molecule has 1 aromatic heterocycles. The highest BCUT2D eigenvalue weighted by Crippen LogP contribution is 1.95. The summed E-state index contributed by atoms with van der Waals surface area (Å²) >= 11 is 0. The molecule has 2 heterocycles. The molecule has 2 rings (SSSR count). The van der Waals surface area contributed by atoms with E-state index in [4.69, 9.17) is 4.74 Å². The molecule has 0 atom stereocenters. The van der Waals surface area contributed by atoms with Gasteiger partial charge >= 0.3 is 11.1 Å². The molecule has 0 amide bonds. The maximum Gasteiger partial charge on any atom is 0.334 e. The number of aromatic nitrogens is 2. The molecule has 0 unspecified atom stereocenters. The molecule has 6 nitrogen and oxygen atoms in total. The zero-order chi connectivity index (χ0) is 13.1. The lowest BCUT2D eigenvalue weighted by molar-refractivity contribution is 0.110. The number of allylic oxidation sites excluding steroid dienone is 1. The molecule has 98 valence electrons. The van der Waals surface area contributed by atoms with Crippen molar-refractivity contribution in [2.75, 3.05) is 31.3 Å². The van der Waals surface area contributed by atoms with Crippen LogP contribution in [0.4, 0.5) is 0 Å². The summed E-state index contributed by atoms with van der Waals surface area (Å²) in [6.45, 7) is 8.30. The number of ether oxygens (including phenoxy) is 1. The van der Waals surface area contributed by atoms with Gasteiger partial charge in [-0.15, -0.1) is 0 Å². The van der Waals surface area contributed by atoms with Crippen LogP contribution in [0.3, 0.4) is 0 Å². The van der Waals surface area contributed by atoms with Crippen LogP contribution in [-0.4, -0.2) is 35.5 Å². The first-order valence-corrected chi connectivity index (χ1v) is 5.89. The summed E-state index contributed by atoms with van der Waals surface area (Å²) in [5.41, 5.74) is -0.215. The Bertz CT molecular complexity index is 552. The van der Waals surface area contributed by atoms with Gasteiger partial charge in [-0.2, -0.15) is 0 Å². The molecule has 18 heavy (non-hydrogen) atoms. The van der Waals surface area contributed by atoms with Gasteiger partial charge in [0.2, 0.25) is 0 Å². The lowest BCUT2D eigenvalue weighted by Crippen LogP contribution is -2.53. The zero-order valence-corrected chi connectivity index (χ0v) is 10.5. The SMILES string of the molecule is C=C(C)Cn1ccn(N2CCOCC2)c(=O)c1=O. The Morgan fingerprint density at radius 3 is 2.56 bits per heavy atom. The van der Waals surface area contributed by atoms with Crippen molar-refractivity contribution in [1.82, 2.24) is 9.24 Å². The van der Waals surface area contributed by atoms with Crippen LogP contribution in [0, 0.1) is 0 Å². The van der Waals surface area contributed by atoms with Gasteiger partial charge in [-0.05, 0) is 6.92 Å². The summed E-state index contributed by atoms with van der Waals surface area (Å²) in [5, 5.41) is 1.82. The minimum absolute atomic E-state index is 0.373. The standard InChI is InChI=1S/C12H17N3O3/c1-10(2)9-13-3-4-15(12(17)11(13)16)14-5-7-18-8-6-14/h3-4H,1,5-9H2,2H3. The number of hydrogen-bond donors (Lipinski definition) is 0. The third-order valence-corrected chi connectivity index (χ3v) is 2.77. The summed E-state index contributed by atoms with van der Waals surface area (Å²) in [6.07, 6.45) is 3.24. The quantitative estimate of drug-likeness (QED) is 0.539. The van der Waals surface area contributed by atoms with E-state index in [1.54, 1.807) is 12.4 Å². The Morgan fingerprint density at radius 1 is 1.28 bits per heavy atom. The van der Waals surface area contributed by atoms with Gasteiger partial charge in [0, 0.05) is 18.9 Å². The summed E-state index contributed by atoms with van der Waals surface area (Å²) in [4.78, 5) is 23.9. The molecule has 0 aromatic carbocycles. The van der Waals surface area contributed by atoms with Crippen LogP contribution in [0.5, 0.6) is 0 Å². The topological polar surface area (TPSA) is 56.5 Å². The Labute approximate surface area is 105 Å². The Kier molecular flexibility index (Phi) is 3.66. The molecule has 1 fully saturated rings. The molecular formula is C12H17N3O3. The summed E-state index contributed by atoms with van der Waals surface area (Å²) < 4.78 is 7.97. The van der Waals surface area contributed by atoms with Crippen molar-refractivity contribution in [3.63, 3.8) is 0 Å². The summed E-state index contributed by atoms with van der Waals surface area (Å²) in [6, 6.07) is 0. The average Bonchev–Trinajstić information content (AvgIpc) is 2.36. The minimum Gasteiger partial charge on any atom is -0.378 e. The minimum atomic E-state index is -0.527. The number of rotatable bonds is 3. The third-order valence-electron chi connectivity index (χ3n) is 2.77. The van der Waals surface area contributed by atoms with E-state index in [1.165, 1.54) is 9.24 Å². The Morgan fingerprint density at radius 2 is 1.94 bits per heavy atom. The molecule has 1 saturated heterocycles. The van der Waals surface area contributed by atoms with Crippen LogP contribution in [0.15, 0.2) is 34.1 Å². The van der Waals surface area contributed by atoms with Gasteiger partial charge in [0.25, 0.3) is 0 Å². The lowest BCUT2D eigenvalue weighted by atomic mass is 10.3. The van der Waals surface area contributed by atoms with Gasteiger partial charge < -0.3 is 14.3 Å². The van der Waals surface area contributed by atoms with E-state index < -0.39 is 11.1 Å². The second kappa shape index (κ2) is 5.22. The largest absolute Gasteiger partial charge is 0.378 e. The number of hydrogen-bond acceptors (Lipinski definition) is 4. The molecule has 0 saturated carbocycles. The van der Waals surface area contributed by atoms with Crippen LogP contribution in [0.2, 0.25) is 0 Å². The monoisotopic (exact) mass is 251 g/mol. The first kappa shape index (κ1) is 12.6. The third kappa shape index (κ3) is 2.53. The average molecular weight is 251 g/mol. The van der Waals surface area contributed by atoms with E-state index in [1.807, 2.05) is 11.9 Å². The van der Waals surface area contributed by atoms with E-state index in [9.17, 15) is 9.59 Å². The highest BCUT2D eigenvalue weighted by molar-refractivity contribution is 4.98. The van der Waals surface area contributed by atoms with Crippen molar-refractivity contribution in [2.24, 2.45) is 0 Å². The van der Waals surface area contributed by atoms with Gasteiger partial charge in [0.1, 0.15) is 0 Å². The summed E-state index contributed by atoms with van der Waals surface area (Å²) in [5.74, 6) is 0. The number of nitrogens with zero attached hydrogens (tertiary/aromatic N) is 3. The maximum absolute atomic E-state index is 12.0. The van der Waals surface area contributed by atoms with Crippen molar-refractivity contribution >= 4 is 0 Å². The van der Waals surface area contributed by atoms with E-state index in [0.29, 0.717) is 32.8 Å². The number of morpholine rings is 1. The molecule has 0 N–H and O–H groups in total. The van der Waals surface area contributed by atoms with Crippen molar-refractivity contribution in [2.45, 2.75) is 13.5 Å². The van der Waals surface area contributed by atoms with Gasteiger partial charge in [0.15, 0.2) is 0 Å². The second-order valence-corrected chi connectivity index (χ2v) is 4.40. The van der Waals surface area contributed by atoms with Crippen molar-refractivity contribution in [1.29, 1.82) is 0 Å². The van der Waals surface area contributed by atoms with Crippen LogP contribution in [0.25, 0.3) is 0 Å². The van der Waals surface area contributed by atoms with E-state index in [0.717, 1.165) is 5.57 Å². The van der Waals surface area contributed by atoms with E-state index in [-0.39, 0.29) is 0 Å². The van der Waals surface area contributed by atoms with Crippen LogP contribution in [0.1, 0.15) is 6.92 Å². The predicted molar refractivity (Wildman–Crippen MR) is 68.5 cm³/mol. The normalized spacial score (nSPS) is 15.7. The van der Waals surface area contributed by atoms with Gasteiger partial charge in [0.05, 0.1) is 26.3 Å².